The number of hydrogen-bond acceptors (Lipinski definition) is 2. The van der Waals surface area contributed by atoms with Gasteiger partial charge in [0.2, 0.25) is 5.91 Å². The van der Waals surface area contributed by atoms with E-state index in [1.165, 1.54) is 0 Å². The highest BCUT2D eigenvalue weighted by Gasteiger charge is 2.11. The fourth-order valence-corrected chi connectivity index (χ4v) is 1.67. The molecule has 0 aliphatic heterocycles. The van der Waals surface area contributed by atoms with E-state index in [1.54, 1.807) is 11.2 Å². The number of carbonyl (C=O) groups excluding carboxylic acids is 1. The van der Waals surface area contributed by atoms with Gasteiger partial charge in [-0.3, -0.25) is 4.79 Å². The zero-order chi connectivity index (χ0) is 12.0. The lowest BCUT2D eigenvalue weighted by atomic mass is 10.2. The lowest BCUT2D eigenvalue weighted by Gasteiger charge is -2.16. The van der Waals surface area contributed by atoms with Crippen LogP contribution in [0.5, 0.6) is 0 Å². The minimum absolute atomic E-state index is 0.158. The number of unbranched alkanes of at least 4 members (excludes halogenated alkanes) is 1. The molecule has 0 aliphatic rings. The van der Waals surface area contributed by atoms with E-state index in [-0.39, 0.29) is 5.91 Å². The van der Waals surface area contributed by atoms with E-state index in [1.807, 2.05) is 20.0 Å². The first-order valence-electron chi connectivity index (χ1n) is 5.48. The Labute approximate surface area is 101 Å². The molecule has 0 N–H and O–H groups in total. The minimum Gasteiger partial charge on any atom is -0.469 e. The Morgan fingerprint density at radius 2 is 2.25 bits per heavy atom. The second-order valence-electron chi connectivity index (χ2n) is 3.90. The van der Waals surface area contributed by atoms with Crippen LogP contribution in [0, 0.1) is 6.92 Å². The average molecular weight is 244 g/mol. The molecule has 0 radical (unpaired) electrons. The third-order valence-corrected chi connectivity index (χ3v) is 2.84. The van der Waals surface area contributed by atoms with Crippen molar-refractivity contribution in [1.82, 2.24) is 4.90 Å². The maximum atomic E-state index is 11.7. The summed E-state index contributed by atoms with van der Waals surface area (Å²) in [7, 11) is 1.81. The molecule has 0 fully saturated rings. The number of nitrogens with zero attached hydrogens (tertiary/aromatic N) is 1. The van der Waals surface area contributed by atoms with Crippen molar-refractivity contribution in [2.24, 2.45) is 0 Å². The van der Waals surface area contributed by atoms with Gasteiger partial charge in [-0.25, -0.2) is 0 Å². The van der Waals surface area contributed by atoms with Crippen LogP contribution >= 0.6 is 11.6 Å². The molecule has 3 nitrogen and oxygen atoms in total. The van der Waals surface area contributed by atoms with Crippen LogP contribution in [-0.4, -0.2) is 23.7 Å². The lowest BCUT2D eigenvalue weighted by molar-refractivity contribution is -0.130. The van der Waals surface area contributed by atoms with Gasteiger partial charge >= 0.3 is 0 Å². The van der Waals surface area contributed by atoms with Crippen molar-refractivity contribution in [3.8, 4) is 0 Å². The predicted octanol–water partition coefficient (Wildman–Crippen LogP) is 2.96. The maximum Gasteiger partial charge on any atom is 0.222 e. The second-order valence-corrected chi connectivity index (χ2v) is 4.28. The van der Waals surface area contributed by atoms with Gasteiger partial charge in [0.1, 0.15) is 5.76 Å². The monoisotopic (exact) mass is 243 g/mol. The van der Waals surface area contributed by atoms with E-state index in [4.69, 9.17) is 16.0 Å². The zero-order valence-corrected chi connectivity index (χ0v) is 10.6. The standard InChI is InChI=1S/C12H18ClNO2/c1-10-11(6-8-16-10)9-14(2)12(15)5-3-4-7-13/h6,8H,3-5,7,9H2,1-2H3. The van der Waals surface area contributed by atoms with Crippen LogP contribution in [0.15, 0.2) is 16.7 Å². The smallest absolute Gasteiger partial charge is 0.222 e. The SMILES string of the molecule is Cc1occc1CN(C)C(=O)CCCCCl. The molecule has 0 bridgehead atoms. The highest BCUT2D eigenvalue weighted by atomic mass is 35.5. The summed E-state index contributed by atoms with van der Waals surface area (Å²) in [6.07, 6.45) is 3.97. The van der Waals surface area contributed by atoms with Crippen molar-refractivity contribution in [3.63, 3.8) is 0 Å². The largest absolute Gasteiger partial charge is 0.469 e. The van der Waals surface area contributed by atoms with E-state index in [0.29, 0.717) is 18.8 Å². The quantitative estimate of drug-likeness (QED) is 0.569. The van der Waals surface area contributed by atoms with Crippen molar-refractivity contribution >= 4 is 17.5 Å². The van der Waals surface area contributed by atoms with Gasteiger partial charge in [-0.2, -0.15) is 0 Å². The van der Waals surface area contributed by atoms with E-state index in [0.717, 1.165) is 24.2 Å². The molecule has 0 aromatic carbocycles. The lowest BCUT2D eigenvalue weighted by Crippen LogP contribution is -2.25. The summed E-state index contributed by atoms with van der Waals surface area (Å²) in [6.45, 7) is 2.52. The van der Waals surface area contributed by atoms with Crippen molar-refractivity contribution in [2.45, 2.75) is 32.7 Å². The highest BCUT2D eigenvalue weighted by molar-refractivity contribution is 6.17. The summed E-state index contributed by atoms with van der Waals surface area (Å²) in [5.41, 5.74) is 1.06. The summed E-state index contributed by atoms with van der Waals surface area (Å²) in [5, 5.41) is 0. The first kappa shape index (κ1) is 13.1. The Hall–Kier alpha value is -0.960. The van der Waals surface area contributed by atoms with Gasteiger partial charge in [0.05, 0.1) is 6.26 Å². The molecule has 1 aromatic rings. The molecule has 0 unspecified atom stereocenters. The third kappa shape index (κ3) is 3.89. The number of alkyl halides is 1. The molecule has 0 spiro atoms. The van der Waals surface area contributed by atoms with Crippen LogP contribution in [0.3, 0.4) is 0 Å². The molecule has 0 saturated heterocycles. The minimum atomic E-state index is 0.158. The van der Waals surface area contributed by atoms with Gasteiger partial charge in [0.25, 0.3) is 0 Å². The van der Waals surface area contributed by atoms with E-state index < -0.39 is 0 Å². The number of aryl methyl sites for hydroxylation is 1. The van der Waals surface area contributed by atoms with Crippen LogP contribution in [-0.2, 0) is 11.3 Å². The Bertz CT molecular complexity index is 336. The summed E-state index contributed by atoms with van der Waals surface area (Å²) >= 11 is 5.56. The van der Waals surface area contributed by atoms with Gasteiger partial charge in [0, 0.05) is 31.5 Å². The molecule has 0 aliphatic carbocycles. The molecule has 1 heterocycles. The topological polar surface area (TPSA) is 33.5 Å². The average Bonchev–Trinajstić information content (AvgIpc) is 2.64. The molecular weight excluding hydrogens is 226 g/mol. The van der Waals surface area contributed by atoms with E-state index >= 15 is 0 Å². The Morgan fingerprint density at radius 3 is 2.81 bits per heavy atom. The summed E-state index contributed by atoms with van der Waals surface area (Å²) in [5.74, 6) is 1.66. The van der Waals surface area contributed by atoms with Gasteiger partial charge in [-0.1, -0.05) is 0 Å². The number of halogens is 1. The molecule has 0 atom stereocenters. The Balaban J connectivity index is 2.37. The van der Waals surface area contributed by atoms with E-state index in [2.05, 4.69) is 0 Å². The van der Waals surface area contributed by atoms with E-state index in [9.17, 15) is 4.79 Å². The van der Waals surface area contributed by atoms with Crippen molar-refractivity contribution < 1.29 is 9.21 Å². The molecule has 1 rings (SSSR count). The van der Waals surface area contributed by atoms with Crippen molar-refractivity contribution in [2.75, 3.05) is 12.9 Å². The molecular formula is C12H18ClNO2. The van der Waals surface area contributed by atoms with Gasteiger partial charge in [0.15, 0.2) is 0 Å². The van der Waals surface area contributed by atoms with Crippen molar-refractivity contribution in [3.05, 3.63) is 23.7 Å². The first-order valence-corrected chi connectivity index (χ1v) is 6.01. The number of furan rings is 1. The number of rotatable bonds is 6. The Kier molecular flexibility index (Phi) is 5.39. The number of amides is 1. The molecule has 90 valence electrons. The van der Waals surface area contributed by atoms with Crippen LogP contribution in [0.1, 0.15) is 30.6 Å². The first-order chi connectivity index (χ1) is 7.65. The van der Waals surface area contributed by atoms with Gasteiger partial charge in [-0.05, 0) is 25.8 Å². The second kappa shape index (κ2) is 6.59. The van der Waals surface area contributed by atoms with Crippen LogP contribution in [0.4, 0.5) is 0 Å². The molecule has 1 amide bonds. The fourth-order valence-electron chi connectivity index (χ4n) is 1.48. The van der Waals surface area contributed by atoms with Gasteiger partial charge in [-0.15, -0.1) is 11.6 Å². The number of carbonyl (C=O) groups is 1. The van der Waals surface area contributed by atoms with Crippen LogP contribution in [0.25, 0.3) is 0 Å². The zero-order valence-electron chi connectivity index (χ0n) is 9.83. The summed E-state index contributed by atoms with van der Waals surface area (Å²) in [4.78, 5) is 13.4. The van der Waals surface area contributed by atoms with Crippen LogP contribution < -0.4 is 0 Å². The van der Waals surface area contributed by atoms with Gasteiger partial charge < -0.3 is 9.32 Å². The number of hydrogen-bond donors (Lipinski definition) is 0. The maximum absolute atomic E-state index is 11.7. The van der Waals surface area contributed by atoms with Crippen molar-refractivity contribution in [1.29, 1.82) is 0 Å². The van der Waals surface area contributed by atoms with Crippen LogP contribution in [0.2, 0.25) is 0 Å². The fraction of sp³-hybridized carbons (Fsp3) is 0.583. The summed E-state index contributed by atoms with van der Waals surface area (Å²) in [6, 6.07) is 1.90. The highest BCUT2D eigenvalue weighted by Crippen LogP contribution is 2.12. The Morgan fingerprint density at radius 1 is 1.50 bits per heavy atom. The predicted molar refractivity (Wildman–Crippen MR) is 64.5 cm³/mol. The normalized spacial score (nSPS) is 10.4. The molecule has 0 saturated carbocycles. The molecule has 4 heteroatoms. The summed E-state index contributed by atoms with van der Waals surface area (Å²) < 4.78 is 5.19. The molecule has 16 heavy (non-hydrogen) atoms. The molecule has 1 aromatic heterocycles. The third-order valence-electron chi connectivity index (χ3n) is 2.57.